The Labute approximate surface area is 109 Å². The van der Waals surface area contributed by atoms with Crippen LogP contribution in [-0.4, -0.2) is 69.5 Å². The molecule has 1 fully saturated rings. The molecule has 8 heteroatoms. The zero-order valence-corrected chi connectivity index (χ0v) is 10.4. The van der Waals surface area contributed by atoms with Crippen LogP contribution in [0, 0.1) is 0 Å². The molecular weight excluding hydrogens is 260 g/mol. The molecule has 0 bridgehead atoms. The normalized spacial score (nSPS) is 34.8. The minimum atomic E-state index is -1.38. The quantitative estimate of drug-likeness (QED) is 0.436. The Kier molecular flexibility index (Phi) is 5.67. The predicted octanol–water partition coefficient (Wildman–Crippen LogP) is -1.74. The molecule has 0 spiro atoms. The first kappa shape index (κ1) is 15.8. The highest BCUT2D eigenvalue weighted by molar-refractivity contribution is 5.76. The van der Waals surface area contributed by atoms with Gasteiger partial charge in [-0.05, 0) is 6.92 Å². The van der Waals surface area contributed by atoms with Gasteiger partial charge in [0.25, 0.3) is 0 Å². The van der Waals surface area contributed by atoms with Gasteiger partial charge >= 0.3 is 11.9 Å². The molecule has 0 aromatic carbocycles. The molecular formula is C11H18O8. The van der Waals surface area contributed by atoms with Gasteiger partial charge in [-0.2, -0.15) is 0 Å². The molecule has 0 saturated carbocycles. The number of rotatable bonds is 5. The highest BCUT2D eigenvalue weighted by Crippen LogP contribution is 2.21. The standard InChI is InChI=1S/C11H18O8/c1-5-9(15)11(17)10(16)6(19-5)4-18-8(14)3-2-7(12)13/h5-6,9-11,15-17H,2-4H2,1H3,(H,12,13). The van der Waals surface area contributed by atoms with Gasteiger partial charge in [0, 0.05) is 0 Å². The van der Waals surface area contributed by atoms with Crippen LogP contribution >= 0.6 is 0 Å². The molecule has 1 aliphatic heterocycles. The maximum atomic E-state index is 11.2. The van der Waals surface area contributed by atoms with Crippen molar-refractivity contribution in [3.05, 3.63) is 0 Å². The van der Waals surface area contributed by atoms with E-state index in [4.69, 9.17) is 14.6 Å². The largest absolute Gasteiger partial charge is 0.481 e. The van der Waals surface area contributed by atoms with Crippen LogP contribution in [0.2, 0.25) is 0 Å². The van der Waals surface area contributed by atoms with Crippen molar-refractivity contribution >= 4 is 11.9 Å². The number of esters is 1. The van der Waals surface area contributed by atoms with Crippen molar-refractivity contribution in [1.82, 2.24) is 0 Å². The average Bonchev–Trinajstić information content (AvgIpc) is 2.36. The van der Waals surface area contributed by atoms with Gasteiger partial charge in [-0.15, -0.1) is 0 Å². The zero-order valence-electron chi connectivity index (χ0n) is 10.4. The molecule has 4 N–H and O–H groups in total. The number of aliphatic carboxylic acids is 1. The van der Waals surface area contributed by atoms with Crippen LogP contribution < -0.4 is 0 Å². The van der Waals surface area contributed by atoms with E-state index in [1.165, 1.54) is 6.92 Å². The van der Waals surface area contributed by atoms with E-state index in [-0.39, 0.29) is 19.4 Å². The second-order valence-corrected chi connectivity index (χ2v) is 4.43. The lowest BCUT2D eigenvalue weighted by atomic mass is 9.96. The van der Waals surface area contributed by atoms with Crippen molar-refractivity contribution in [1.29, 1.82) is 0 Å². The lowest BCUT2D eigenvalue weighted by Crippen LogP contribution is -2.57. The van der Waals surface area contributed by atoms with Crippen molar-refractivity contribution in [3.8, 4) is 0 Å². The Bertz CT molecular complexity index is 331. The molecule has 0 aromatic rings. The van der Waals surface area contributed by atoms with Crippen LogP contribution in [0.3, 0.4) is 0 Å². The maximum Gasteiger partial charge on any atom is 0.306 e. The number of aliphatic hydroxyl groups is 3. The summed E-state index contributed by atoms with van der Waals surface area (Å²) in [5, 5.41) is 37.0. The highest BCUT2D eigenvalue weighted by Gasteiger charge is 2.42. The Hall–Kier alpha value is -1.22. The Morgan fingerprint density at radius 1 is 1.11 bits per heavy atom. The summed E-state index contributed by atoms with van der Waals surface area (Å²) < 4.78 is 9.96. The lowest BCUT2D eigenvalue weighted by Gasteiger charge is -2.38. The fourth-order valence-corrected chi connectivity index (χ4v) is 1.73. The molecule has 1 rings (SSSR count). The van der Waals surface area contributed by atoms with E-state index in [2.05, 4.69) is 0 Å². The lowest BCUT2D eigenvalue weighted by molar-refractivity contribution is -0.227. The van der Waals surface area contributed by atoms with E-state index in [9.17, 15) is 24.9 Å². The van der Waals surface area contributed by atoms with Crippen LogP contribution in [0.1, 0.15) is 19.8 Å². The van der Waals surface area contributed by atoms with Gasteiger partial charge in [-0.25, -0.2) is 0 Å². The number of ether oxygens (including phenoxy) is 2. The predicted molar refractivity (Wildman–Crippen MR) is 60.2 cm³/mol. The smallest absolute Gasteiger partial charge is 0.306 e. The molecule has 0 aromatic heterocycles. The van der Waals surface area contributed by atoms with E-state index < -0.39 is 42.5 Å². The van der Waals surface area contributed by atoms with E-state index in [0.717, 1.165) is 0 Å². The van der Waals surface area contributed by atoms with Gasteiger partial charge < -0.3 is 29.9 Å². The third-order valence-electron chi connectivity index (χ3n) is 2.90. The molecule has 1 aliphatic rings. The van der Waals surface area contributed by atoms with Crippen molar-refractivity contribution in [2.75, 3.05) is 6.61 Å². The SMILES string of the molecule is CC1OC(COC(=O)CCC(=O)O)C(O)C(O)C1O. The van der Waals surface area contributed by atoms with Crippen LogP contribution in [0.5, 0.6) is 0 Å². The summed E-state index contributed by atoms with van der Waals surface area (Å²) in [5.41, 5.74) is 0. The molecule has 0 radical (unpaired) electrons. The summed E-state index contributed by atoms with van der Waals surface area (Å²) in [4.78, 5) is 21.4. The van der Waals surface area contributed by atoms with Crippen LogP contribution in [0.15, 0.2) is 0 Å². The topological polar surface area (TPSA) is 134 Å². The summed E-state index contributed by atoms with van der Waals surface area (Å²) in [7, 11) is 0. The number of carbonyl (C=O) groups excluding carboxylic acids is 1. The van der Waals surface area contributed by atoms with Crippen molar-refractivity contribution in [2.24, 2.45) is 0 Å². The van der Waals surface area contributed by atoms with Crippen LogP contribution in [-0.2, 0) is 19.1 Å². The van der Waals surface area contributed by atoms with E-state index in [0.29, 0.717) is 0 Å². The molecule has 0 aliphatic carbocycles. The number of carbonyl (C=O) groups is 2. The number of carboxylic acid groups (broad SMARTS) is 1. The highest BCUT2D eigenvalue weighted by atomic mass is 16.6. The van der Waals surface area contributed by atoms with E-state index >= 15 is 0 Å². The van der Waals surface area contributed by atoms with Gasteiger partial charge in [-0.1, -0.05) is 0 Å². The molecule has 8 nitrogen and oxygen atoms in total. The number of carboxylic acids is 1. The fourth-order valence-electron chi connectivity index (χ4n) is 1.73. The third-order valence-corrected chi connectivity index (χ3v) is 2.90. The summed E-state index contributed by atoms with van der Waals surface area (Å²) in [6.07, 6.45) is -6.26. The third kappa shape index (κ3) is 4.43. The van der Waals surface area contributed by atoms with Gasteiger partial charge in [0.2, 0.25) is 0 Å². The summed E-state index contributed by atoms with van der Waals surface area (Å²) >= 11 is 0. The first-order valence-corrected chi connectivity index (χ1v) is 5.90. The molecule has 19 heavy (non-hydrogen) atoms. The Morgan fingerprint density at radius 3 is 2.32 bits per heavy atom. The molecule has 0 amide bonds. The Balaban J connectivity index is 2.40. The first-order valence-electron chi connectivity index (χ1n) is 5.90. The summed E-state index contributed by atoms with van der Waals surface area (Å²) in [6.45, 7) is 1.20. The maximum absolute atomic E-state index is 11.2. The van der Waals surface area contributed by atoms with Crippen molar-refractivity contribution < 1.29 is 39.5 Å². The van der Waals surface area contributed by atoms with Crippen LogP contribution in [0.4, 0.5) is 0 Å². The minimum absolute atomic E-state index is 0.279. The molecule has 110 valence electrons. The number of hydrogen-bond donors (Lipinski definition) is 4. The van der Waals surface area contributed by atoms with Gasteiger partial charge in [0.05, 0.1) is 18.9 Å². The average molecular weight is 278 g/mol. The molecule has 5 unspecified atom stereocenters. The van der Waals surface area contributed by atoms with E-state index in [1.807, 2.05) is 0 Å². The van der Waals surface area contributed by atoms with Gasteiger partial charge in [-0.3, -0.25) is 9.59 Å². The number of aliphatic hydroxyl groups excluding tert-OH is 3. The number of hydrogen-bond acceptors (Lipinski definition) is 7. The summed E-state index contributed by atoms with van der Waals surface area (Å²) in [6, 6.07) is 0. The van der Waals surface area contributed by atoms with Gasteiger partial charge in [0.15, 0.2) is 0 Å². The van der Waals surface area contributed by atoms with Crippen molar-refractivity contribution in [2.45, 2.75) is 50.3 Å². The van der Waals surface area contributed by atoms with E-state index in [1.54, 1.807) is 0 Å². The van der Waals surface area contributed by atoms with Crippen LogP contribution in [0.25, 0.3) is 0 Å². The molecule has 5 atom stereocenters. The second kappa shape index (κ2) is 6.80. The van der Waals surface area contributed by atoms with Gasteiger partial charge in [0.1, 0.15) is 31.0 Å². The Morgan fingerprint density at radius 2 is 1.74 bits per heavy atom. The molecule has 1 heterocycles. The monoisotopic (exact) mass is 278 g/mol. The first-order chi connectivity index (χ1) is 8.82. The second-order valence-electron chi connectivity index (χ2n) is 4.43. The minimum Gasteiger partial charge on any atom is -0.481 e. The van der Waals surface area contributed by atoms with Crippen molar-refractivity contribution in [3.63, 3.8) is 0 Å². The fraction of sp³-hybridized carbons (Fsp3) is 0.818. The summed E-state index contributed by atoms with van der Waals surface area (Å²) in [5.74, 6) is -1.84. The zero-order chi connectivity index (χ0) is 14.6. The molecule has 1 saturated heterocycles.